The highest BCUT2D eigenvalue weighted by molar-refractivity contribution is 6.31. The molecule has 10 rings (SSSR count). The van der Waals surface area contributed by atoms with E-state index in [-0.39, 0.29) is 41.1 Å². The maximum atomic E-state index is 12.8. The second-order valence-corrected chi connectivity index (χ2v) is 36.9. The molecule has 788 valence electrons. The van der Waals surface area contributed by atoms with E-state index in [9.17, 15) is 52.7 Å². The third-order valence-corrected chi connectivity index (χ3v) is 17.1. The van der Waals surface area contributed by atoms with E-state index in [1.807, 2.05) is 126 Å². The van der Waals surface area contributed by atoms with Crippen molar-refractivity contribution in [1.82, 2.24) is 0 Å². The maximum Gasteiger partial charge on any atom is 0.416 e. The van der Waals surface area contributed by atoms with E-state index < -0.39 is 35.2 Å². The van der Waals surface area contributed by atoms with Gasteiger partial charge in [0, 0.05) is 15.1 Å². The molecule has 0 bridgehead atoms. The molecule has 0 aliphatic heterocycles. The Morgan fingerprint density at radius 1 is 0.196 bits per heavy atom. The minimum Gasteiger partial charge on any atom is -0.207 e. The van der Waals surface area contributed by atoms with E-state index in [0.29, 0.717) is 41.1 Å². The van der Waals surface area contributed by atoms with Gasteiger partial charge in [0.2, 0.25) is 0 Å². The van der Waals surface area contributed by atoms with Gasteiger partial charge in [0.25, 0.3) is 0 Å². The summed E-state index contributed by atoms with van der Waals surface area (Å²) in [6, 6.07) is 71.1. The average molecular weight is 2000 g/mol. The zero-order valence-electron chi connectivity index (χ0n) is 93.2. The lowest BCUT2D eigenvalue weighted by Gasteiger charge is -2.14. The van der Waals surface area contributed by atoms with Crippen LogP contribution in [0.3, 0.4) is 0 Å². The Bertz CT molecular complexity index is 4030. The molecular weight excluding hydrogens is 1810 g/mol. The summed E-state index contributed by atoms with van der Waals surface area (Å²) in [4.78, 5) is 0. The zero-order valence-corrected chi connectivity index (χ0v) is 95.5. The topological polar surface area (TPSA) is 0 Å². The second kappa shape index (κ2) is 96.7. The monoisotopic (exact) mass is 2000 g/mol. The Morgan fingerprint density at radius 2 is 0.457 bits per heavy atom. The lowest BCUT2D eigenvalue weighted by atomic mass is 9.97. The van der Waals surface area contributed by atoms with Crippen LogP contribution in [-0.2, 0) is 18.5 Å². The van der Waals surface area contributed by atoms with Crippen LogP contribution in [0.5, 0.6) is 0 Å². The first-order chi connectivity index (χ1) is 64.4. The molecule has 0 unspecified atom stereocenters. The van der Waals surface area contributed by atoms with Crippen LogP contribution in [0.2, 0.25) is 15.1 Å². The summed E-state index contributed by atoms with van der Waals surface area (Å²) in [5, 5.41) is 2.51. The summed E-state index contributed by atoms with van der Waals surface area (Å²) >= 11 is 17.4. The summed E-state index contributed by atoms with van der Waals surface area (Å²) in [7, 11) is 0. The number of hydrogen-bond donors (Lipinski definition) is 0. The van der Waals surface area contributed by atoms with E-state index in [4.69, 9.17) is 34.8 Å². The summed E-state index contributed by atoms with van der Waals surface area (Å²) in [6.45, 7) is 83.2. The van der Waals surface area contributed by atoms with Crippen molar-refractivity contribution in [2.75, 3.05) is 0 Å². The highest BCUT2D eigenvalue weighted by Crippen LogP contribution is 2.36. The number of benzene rings is 10. The van der Waals surface area contributed by atoms with Gasteiger partial charge < -0.3 is 0 Å². The van der Waals surface area contributed by atoms with E-state index >= 15 is 0 Å². The fourth-order valence-corrected chi connectivity index (χ4v) is 10.2. The number of alkyl halides is 9. The minimum absolute atomic E-state index is 0.0992. The molecule has 0 saturated heterocycles. The molecule has 0 nitrogen and oxygen atoms in total. The van der Waals surface area contributed by atoms with Crippen molar-refractivity contribution in [3.05, 3.63) is 354 Å². The van der Waals surface area contributed by atoms with Gasteiger partial charge >= 0.3 is 18.5 Å². The molecular formula is C123H191Cl3F12. The van der Waals surface area contributed by atoms with E-state index in [2.05, 4.69) is 270 Å². The third-order valence-electron chi connectivity index (χ3n) is 16.3. The lowest BCUT2D eigenvalue weighted by molar-refractivity contribution is -0.139. The molecule has 0 aromatic heterocycles. The molecule has 0 aliphatic carbocycles. The summed E-state index contributed by atoms with van der Waals surface area (Å²) in [5.74, 6) is 3.41. The van der Waals surface area contributed by atoms with Gasteiger partial charge in [-0.1, -0.05) is 540 Å². The Hall–Kier alpha value is -7.77. The van der Waals surface area contributed by atoms with Crippen molar-refractivity contribution >= 4 is 34.8 Å². The van der Waals surface area contributed by atoms with E-state index in [1.165, 1.54) is 153 Å². The largest absolute Gasteiger partial charge is 0.416 e. The van der Waals surface area contributed by atoms with Crippen LogP contribution < -0.4 is 0 Å². The van der Waals surface area contributed by atoms with Crippen molar-refractivity contribution in [2.24, 2.45) is 0 Å². The number of halogens is 15. The molecule has 0 aliphatic rings. The first-order valence-electron chi connectivity index (χ1n) is 50.5. The molecule has 0 spiro atoms. The molecule has 0 fully saturated rings. The molecule has 10 aromatic rings. The number of hydrogen-bond acceptors (Lipinski definition) is 0. The predicted molar refractivity (Wildman–Crippen MR) is 595 cm³/mol. The SMILES string of the molecule is CC(C)c1ccc(C(F)(F)F)cc1.CC(C)c1ccc(Cl)cc1.CC(C)c1ccc(F)cc1.CC(C)c1cccc(C(F)(F)F)c1.CC(C)c1cccc(Cl)c1.CC(C)c1cccc(F)c1.CC(C)c1ccccc1.CC(C)c1ccccc1C(F)(F)F.CC(C)c1ccccc1Cl.CC(C)c1ccccc1F.CCC.CCC.CCC.CCC.CCC.CCC.CCC.CCC.CCC.CCC. The molecule has 15 heteroatoms. The van der Waals surface area contributed by atoms with Crippen LogP contribution in [0.25, 0.3) is 0 Å². The van der Waals surface area contributed by atoms with Gasteiger partial charge in [0.15, 0.2) is 0 Å². The Kier molecular flexibility index (Phi) is 105. The standard InChI is InChI=1S/3C10H11F3.3C9H11Cl.3C9H11F.C9H12.10C3H8/c1-7(2)8-3-5-9(6-4-8)10(11,12)13;1-7(2)8-4-3-5-9(6-8)10(11,12)13;1-7(2)8-5-3-4-6-9(8)10(11,12)13;1-7(2)8-3-5-9(10)6-4-8;1-7(2)8-4-3-5-9(10)6-8;1-7(2)8-5-3-4-6-9(8)10;1-7(2)8-3-5-9(10)6-4-8;1-7(2)8-4-3-5-9(10)6-8;1-7(2)8-5-3-4-6-9(8)10;1-8(2)9-6-4-3-5-7-9;10*1-3-2/h3*3-7H,1-2H3;6*3-7H,1-2H3;3-8H,1-2H3;10*3H2,1-2H3. The minimum atomic E-state index is -4.24. The third kappa shape index (κ3) is 90.8. The molecule has 0 N–H and O–H groups in total. The van der Waals surface area contributed by atoms with Crippen LogP contribution in [0.1, 0.15) is 473 Å². The summed E-state index contributed by atoms with van der Waals surface area (Å²) in [6.07, 6.45) is -0.193. The quantitative estimate of drug-likeness (QED) is 0.120. The van der Waals surface area contributed by atoms with Crippen molar-refractivity contribution in [2.45, 2.75) is 419 Å². The van der Waals surface area contributed by atoms with Crippen LogP contribution in [-0.4, -0.2) is 0 Å². The predicted octanol–water partition coefficient (Wildman–Crippen LogP) is 47.7. The van der Waals surface area contributed by atoms with Crippen molar-refractivity contribution in [3.8, 4) is 0 Å². The van der Waals surface area contributed by atoms with Crippen LogP contribution in [0, 0.1) is 17.5 Å². The molecule has 0 amide bonds. The normalized spacial score (nSPS) is 9.92. The molecule has 138 heavy (non-hydrogen) atoms. The van der Waals surface area contributed by atoms with Crippen molar-refractivity contribution < 1.29 is 52.7 Å². The molecule has 0 saturated carbocycles. The Labute approximate surface area is 854 Å². The van der Waals surface area contributed by atoms with Gasteiger partial charge in [-0.2, -0.15) is 39.5 Å². The van der Waals surface area contributed by atoms with E-state index in [1.54, 1.807) is 44.2 Å². The highest BCUT2D eigenvalue weighted by atomic mass is 35.5. The van der Waals surface area contributed by atoms with Crippen LogP contribution in [0.4, 0.5) is 52.7 Å². The Balaban J connectivity index is -0.000000160. The first-order valence-corrected chi connectivity index (χ1v) is 51.6. The molecule has 0 radical (unpaired) electrons. The fraction of sp³-hybridized carbons (Fsp3) is 0.512. The molecule has 0 atom stereocenters. The zero-order chi connectivity index (χ0) is 109. The first kappa shape index (κ1) is 150. The second-order valence-electron chi connectivity index (χ2n) is 35.6. The summed E-state index contributed by atoms with van der Waals surface area (Å²) in [5.41, 5.74) is 8.63. The van der Waals surface area contributed by atoms with Gasteiger partial charge in [0.1, 0.15) is 17.5 Å². The molecule has 0 heterocycles. The summed E-state index contributed by atoms with van der Waals surface area (Å²) < 4.78 is 148. The van der Waals surface area contributed by atoms with E-state index in [0.717, 1.165) is 61.6 Å². The van der Waals surface area contributed by atoms with Gasteiger partial charge in [-0.05, 0) is 200 Å². The van der Waals surface area contributed by atoms with Gasteiger partial charge in [-0.25, -0.2) is 13.2 Å². The maximum absolute atomic E-state index is 12.8. The van der Waals surface area contributed by atoms with Crippen LogP contribution in [0.15, 0.2) is 249 Å². The Morgan fingerprint density at radius 3 is 0.717 bits per heavy atom. The van der Waals surface area contributed by atoms with Crippen molar-refractivity contribution in [3.63, 3.8) is 0 Å². The fourth-order valence-electron chi connectivity index (χ4n) is 9.54. The average Bonchev–Trinajstić information content (AvgIpc) is 0.795. The van der Waals surface area contributed by atoms with Gasteiger partial charge in [-0.15, -0.1) is 0 Å². The van der Waals surface area contributed by atoms with Gasteiger partial charge in [0.05, 0.1) is 16.7 Å². The van der Waals surface area contributed by atoms with Crippen molar-refractivity contribution in [1.29, 1.82) is 0 Å². The highest BCUT2D eigenvalue weighted by Gasteiger charge is 2.34. The smallest absolute Gasteiger partial charge is 0.207 e. The van der Waals surface area contributed by atoms with Crippen LogP contribution >= 0.6 is 34.8 Å². The lowest BCUT2D eigenvalue weighted by Crippen LogP contribution is -2.09. The molecule has 10 aromatic carbocycles. The van der Waals surface area contributed by atoms with Gasteiger partial charge in [-0.3, -0.25) is 0 Å². The number of rotatable bonds is 10.